The summed E-state index contributed by atoms with van der Waals surface area (Å²) in [7, 11) is 0. The molecule has 0 aliphatic rings. The van der Waals surface area contributed by atoms with Crippen molar-refractivity contribution in [1.82, 2.24) is 0 Å². The van der Waals surface area contributed by atoms with Crippen molar-refractivity contribution in [2.75, 3.05) is 13.2 Å². The highest BCUT2D eigenvalue weighted by Gasteiger charge is 2.38. The summed E-state index contributed by atoms with van der Waals surface area (Å²) >= 11 is 6.60. The first-order chi connectivity index (χ1) is 14.8. The number of rotatable bonds is 10. The van der Waals surface area contributed by atoms with E-state index < -0.39 is 35.3 Å². The Kier molecular flexibility index (Phi) is 9.58. The Balaban J connectivity index is 2.40. The van der Waals surface area contributed by atoms with E-state index in [0.29, 0.717) is 0 Å². The monoisotopic (exact) mass is 552 g/mol. The molecule has 6 nitrogen and oxygen atoms in total. The number of ketones is 2. The zero-order chi connectivity index (χ0) is 23.0. The lowest BCUT2D eigenvalue weighted by Crippen LogP contribution is -2.35. The van der Waals surface area contributed by atoms with Gasteiger partial charge in [0.15, 0.2) is 11.6 Å². The average molecular weight is 554 g/mol. The molecule has 0 N–H and O–H groups in total. The molecule has 0 fully saturated rings. The van der Waals surface area contributed by atoms with Gasteiger partial charge in [-0.15, -0.1) is 0 Å². The van der Waals surface area contributed by atoms with Gasteiger partial charge in [-0.3, -0.25) is 19.2 Å². The molecule has 0 spiro atoms. The lowest BCUT2D eigenvalue weighted by atomic mass is 9.84. The van der Waals surface area contributed by atoms with Gasteiger partial charge in [0.25, 0.3) is 0 Å². The third-order valence-corrected chi connectivity index (χ3v) is 5.56. The molecule has 0 aliphatic carbocycles. The first-order valence-corrected chi connectivity index (χ1v) is 11.3. The zero-order valence-electron chi connectivity index (χ0n) is 17.1. The molecule has 2 aromatic rings. The molecule has 0 saturated carbocycles. The summed E-state index contributed by atoms with van der Waals surface area (Å²) < 4.78 is 11.7. The van der Waals surface area contributed by atoms with Crippen molar-refractivity contribution >= 4 is 55.4 Å². The smallest absolute Gasteiger partial charge is 0.316 e. The Morgan fingerprint density at radius 2 is 1.00 bits per heavy atom. The van der Waals surface area contributed by atoms with Crippen molar-refractivity contribution in [1.29, 1.82) is 0 Å². The number of Topliss-reactive ketones (excluding diaryl/α,β-unsaturated/α-hetero) is 2. The summed E-state index contributed by atoms with van der Waals surface area (Å²) in [6.45, 7) is 3.37. The van der Waals surface area contributed by atoms with Crippen LogP contribution in [0.4, 0.5) is 0 Å². The van der Waals surface area contributed by atoms with Gasteiger partial charge in [-0.2, -0.15) is 0 Å². The topological polar surface area (TPSA) is 86.7 Å². The van der Waals surface area contributed by atoms with Crippen molar-refractivity contribution in [2.45, 2.75) is 20.3 Å². The highest BCUT2D eigenvalue weighted by atomic mass is 79.9. The third-order valence-electron chi connectivity index (χ3n) is 4.50. The highest BCUT2D eigenvalue weighted by Crippen LogP contribution is 2.25. The standard InChI is InChI=1S/C23H22Br2O6/c1-3-30-22(28)18(20(26)14-5-9-16(24)10-6-14)13-19(23(29)31-4-2)21(27)15-7-11-17(25)12-8-15/h5-12,18-19H,3-4,13H2,1-2H3/t18-,19-/m1/s1. The molecule has 0 saturated heterocycles. The number of hydrogen-bond donors (Lipinski definition) is 0. The van der Waals surface area contributed by atoms with Crippen molar-refractivity contribution in [3.8, 4) is 0 Å². The van der Waals surface area contributed by atoms with Gasteiger partial charge in [0.05, 0.1) is 13.2 Å². The van der Waals surface area contributed by atoms with E-state index in [2.05, 4.69) is 31.9 Å². The first-order valence-electron chi connectivity index (χ1n) is 9.71. The van der Waals surface area contributed by atoms with E-state index in [1.807, 2.05) is 0 Å². The zero-order valence-corrected chi connectivity index (χ0v) is 20.3. The van der Waals surface area contributed by atoms with E-state index in [-0.39, 0.29) is 30.8 Å². The van der Waals surface area contributed by atoms with Crippen molar-refractivity contribution in [3.05, 3.63) is 68.6 Å². The van der Waals surface area contributed by atoms with Gasteiger partial charge in [0, 0.05) is 20.1 Å². The van der Waals surface area contributed by atoms with E-state index in [4.69, 9.17) is 9.47 Å². The predicted octanol–water partition coefficient (Wildman–Crippen LogP) is 5.03. The van der Waals surface area contributed by atoms with Crippen LogP contribution < -0.4 is 0 Å². The van der Waals surface area contributed by atoms with Crippen LogP contribution >= 0.6 is 31.9 Å². The largest absolute Gasteiger partial charge is 0.465 e. The van der Waals surface area contributed by atoms with Crippen molar-refractivity contribution in [3.63, 3.8) is 0 Å². The normalized spacial score (nSPS) is 12.5. The molecular weight excluding hydrogens is 532 g/mol. The highest BCUT2D eigenvalue weighted by molar-refractivity contribution is 9.10. The summed E-state index contributed by atoms with van der Waals surface area (Å²) in [6, 6.07) is 12.9. The van der Waals surface area contributed by atoms with Crippen LogP contribution in [0.15, 0.2) is 57.5 Å². The number of halogens is 2. The molecule has 31 heavy (non-hydrogen) atoms. The SMILES string of the molecule is CCOC(=O)[C@H](C[C@@H](C(=O)OCC)C(=O)c1ccc(Br)cc1)C(=O)c1ccc(Br)cc1. The summed E-state index contributed by atoms with van der Waals surface area (Å²) in [5.74, 6) is -5.26. The van der Waals surface area contributed by atoms with Crippen LogP contribution in [0.25, 0.3) is 0 Å². The fourth-order valence-electron chi connectivity index (χ4n) is 2.97. The second-order valence-electron chi connectivity index (χ2n) is 6.59. The van der Waals surface area contributed by atoms with E-state index in [1.165, 1.54) is 0 Å². The third kappa shape index (κ3) is 6.83. The van der Waals surface area contributed by atoms with E-state index in [9.17, 15) is 19.2 Å². The summed E-state index contributed by atoms with van der Waals surface area (Å²) in [6.07, 6.45) is -0.346. The molecule has 0 amide bonds. The maximum atomic E-state index is 13.1. The van der Waals surface area contributed by atoms with Crippen LogP contribution in [-0.4, -0.2) is 36.7 Å². The fraction of sp³-hybridized carbons (Fsp3) is 0.304. The van der Waals surface area contributed by atoms with Gasteiger partial charge in [-0.25, -0.2) is 0 Å². The molecule has 0 radical (unpaired) electrons. The van der Waals surface area contributed by atoms with Crippen LogP contribution in [0.2, 0.25) is 0 Å². The maximum Gasteiger partial charge on any atom is 0.316 e. The first kappa shape index (κ1) is 24.9. The van der Waals surface area contributed by atoms with Gasteiger partial charge in [-0.05, 0) is 44.5 Å². The number of carbonyl (C=O) groups is 4. The quantitative estimate of drug-likeness (QED) is 0.233. The van der Waals surface area contributed by atoms with Crippen molar-refractivity contribution in [2.24, 2.45) is 11.8 Å². The number of ether oxygens (including phenoxy) is 2. The minimum atomic E-state index is -1.32. The molecule has 2 aromatic carbocycles. The fourth-order valence-corrected chi connectivity index (χ4v) is 3.50. The summed E-state index contributed by atoms with van der Waals surface area (Å²) in [5, 5.41) is 0. The van der Waals surface area contributed by atoms with Crippen LogP contribution in [-0.2, 0) is 19.1 Å². The van der Waals surface area contributed by atoms with Gasteiger partial charge >= 0.3 is 11.9 Å². The molecule has 2 rings (SSSR count). The molecule has 8 heteroatoms. The molecule has 2 atom stereocenters. The maximum absolute atomic E-state index is 13.1. The molecule has 0 heterocycles. The lowest BCUT2D eigenvalue weighted by molar-refractivity contribution is -0.149. The minimum Gasteiger partial charge on any atom is -0.465 e. The van der Waals surface area contributed by atoms with Crippen LogP contribution in [0.5, 0.6) is 0 Å². The second-order valence-corrected chi connectivity index (χ2v) is 8.42. The number of benzene rings is 2. The minimum absolute atomic E-state index is 0.0632. The second kappa shape index (κ2) is 11.9. The van der Waals surface area contributed by atoms with E-state index >= 15 is 0 Å². The molecular formula is C23H22Br2O6. The number of hydrogen-bond acceptors (Lipinski definition) is 6. The van der Waals surface area contributed by atoms with Gasteiger partial charge in [0.1, 0.15) is 11.8 Å². The molecule has 0 unspecified atom stereocenters. The Labute approximate surface area is 197 Å². The molecule has 0 bridgehead atoms. The van der Waals surface area contributed by atoms with E-state index in [0.717, 1.165) is 8.95 Å². The Bertz CT molecular complexity index is 860. The van der Waals surface area contributed by atoms with Crippen molar-refractivity contribution < 1.29 is 28.7 Å². The average Bonchev–Trinajstić information content (AvgIpc) is 2.75. The molecule has 164 valence electrons. The van der Waals surface area contributed by atoms with Gasteiger partial charge < -0.3 is 9.47 Å². The predicted molar refractivity (Wildman–Crippen MR) is 122 cm³/mol. The number of esters is 2. The van der Waals surface area contributed by atoms with Crippen LogP contribution in [0.1, 0.15) is 41.0 Å². The molecule has 0 aromatic heterocycles. The molecule has 0 aliphatic heterocycles. The Morgan fingerprint density at radius 3 is 1.29 bits per heavy atom. The Hall–Kier alpha value is -2.32. The van der Waals surface area contributed by atoms with Crippen LogP contribution in [0, 0.1) is 11.8 Å². The number of carbonyl (C=O) groups excluding carboxylic acids is 4. The lowest BCUT2D eigenvalue weighted by Gasteiger charge is -2.20. The summed E-state index contributed by atoms with van der Waals surface area (Å²) in [4.78, 5) is 51.5. The van der Waals surface area contributed by atoms with Gasteiger partial charge in [0.2, 0.25) is 0 Å². The summed E-state index contributed by atoms with van der Waals surface area (Å²) in [5.41, 5.74) is 0.555. The van der Waals surface area contributed by atoms with Gasteiger partial charge in [-0.1, -0.05) is 56.1 Å². The van der Waals surface area contributed by atoms with E-state index in [1.54, 1.807) is 62.4 Å². The van der Waals surface area contributed by atoms with Crippen LogP contribution in [0.3, 0.4) is 0 Å². The Morgan fingerprint density at radius 1 is 0.677 bits per heavy atom.